The van der Waals surface area contributed by atoms with E-state index < -0.39 is 36.4 Å². The van der Waals surface area contributed by atoms with E-state index >= 15 is 0 Å². The highest BCUT2D eigenvalue weighted by Gasteiger charge is 2.26. The summed E-state index contributed by atoms with van der Waals surface area (Å²) in [4.78, 5) is 0. The maximum atomic E-state index is 13.8. The molecule has 0 aliphatic heterocycles. The molecule has 2 aromatic rings. The maximum absolute atomic E-state index is 13.8. The molecule has 0 aliphatic rings. The lowest BCUT2D eigenvalue weighted by Crippen LogP contribution is -2.34. The van der Waals surface area contributed by atoms with Crippen LogP contribution in [0.1, 0.15) is 11.1 Å². The Balaban J connectivity index is 2.24. The predicted octanol–water partition coefficient (Wildman–Crippen LogP) is 3.47. The molecule has 0 aromatic heterocycles. The normalized spacial score (nSPS) is 11.1. The number of hydrogen-bond acceptors (Lipinski definition) is 2. The van der Waals surface area contributed by atoms with Crippen molar-refractivity contribution in [1.82, 2.24) is 0 Å². The SMILES string of the molecule is N#Cc1cccc(COc2cc([B-](F)(F)F)ccc2F)c1F. The van der Waals surface area contributed by atoms with Gasteiger partial charge in [0.1, 0.15) is 18.5 Å². The summed E-state index contributed by atoms with van der Waals surface area (Å²) in [5, 5.41) is 8.68. The number of ether oxygens (including phenoxy) is 1. The Labute approximate surface area is 122 Å². The van der Waals surface area contributed by atoms with Crippen molar-refractivity contribution >= 4 is 12.4 Å². The summed E-state index contributed by atoms with van der Waals surface area (Å²) < 4.78 is 70.0. The zero-order valence-electron chi connectivity index (χ0n) is 11.0. The number of benzene rings is 2. The van der Waals surface area contributed by atoms with Crippen molar-refractivity contribution in [1.29, 1.82) is 5.26 Å². The molecule has 2 nitrogen and oxygen atoms in total. The van der Waals surface area contributed by atoms with Gasteiger partial charge in [-0.2, -0.15) is 5.26 Å². The Morgan fingerprint density at radius 3 is 2.45 bits per heavy atom. The van der Waals surface area contributed by atoms with E-state index in [1.54, 1.807) is 6.07 Å². The molecular weight excluding hydrogens is 304 g/mol. The van der Waals surface area contributed by atoms with Crippen molar-refractivity contribution in [3.8, 4) is 11.8 Å². The fourth-order valence-electron chi connectivity index (χ4n) is 1.77. The number of hydrogen-bond donors (Lipinski definition) is 0. The van der Waals surface area contributed by atoms with Crippen molar-refractivity contribution < 1.29 is 26.5 Å². The zero-order chi connectivity index (χ0) is 16.3. The highest BCUT2D eigenvalue weighted by atomic mass is 19.4. The lowest BCUT2D eigenvalue weighted by atomic mass is 9.80. The van der Waals surface area contributed by atoms with Gasteiger partial charge in [0.05, 0.1) is 5.56 Å². The summed E-state index contributed by atoms with van der Waals surface area (Å²) in [6.07, 6.45) is 0. The summed E-state index contributed by atoms with van der Waals surface area (Å²) >= 11 is 0. The molecule has 0 saturated carbocycles. The molecule has 0 heterocycles. The first kappa shape index (κ1) is 15.8. The number of nitriles is 1. The van der Waals surface area contributed by atoms with Gasteiger partial charge in [-0.15, -0.1) is 5.46 Å². The first-order valence-corrected chi connectivity index (χ1v) is 6.12. The van der Waals surface area contributed by atoms with Crippen molar-refractivity contribution in [3.05, 3.63) is 59.2 Å². The van der Waals surface area contributed by atoms with Gasteiger partial charge in [0.2, 0.25) is 0 Å². The number of nitrogens with zero attached hydrogens (tertiary/aromatic N) is 1. The summed E-state index contributed by atoms with van der Waals surface area (Å²) in [6.45, 7) is -5.78. The largest absolute Gasteiger partial charge is 0.509 e. The van der Waals surface area contributed by atoms with Crippen LogP contribution in [0.4, 0.5) is 21.7 Å². The molecule has 0 amide bonds. The van der Waals surface area contributed by atoms with Crippen LogP contribution in [0.15, 0.2) is 36.4 Å². The third-order valence-corrected chi connectivity index (χ3v) is 2.92. The molecule has 2 aromatic carbocycles. The van der Waals surface area contributed by atoms with E-state index in [0.29, 0.717) is 18.2 Å². The van der Waals surface area contributed by atoms with Gasteiger partial charge in [-0.25, -0.2) is 8.78 Å². The van der Waals surface area contributed by atoms with Crippen LogP contribution in [0.5, 0.6) is 5.75 Å². The Kier molecular flexibility index (Phi) is 4.36. The third-order valence-electron chi connectivity index (χ3n) is 2.92. The molecule has 0 fully saturated rings. The maximum Gasteiger partial charge on any atom is 0.509 e. The molecular formula is C14H8BF5NO-. The van der Waals surface area contributed by atoms with Crippen LogP contribution < -0.4 is 10.2 Å². The average Bonchev–Trinajstić information content (AvgIpc) is 2.46. The van der Waals surface area contributed by atoms with Crippen LogP contribution in [0.25, 0.3) is 0 Å². The molecule has 22 heavy (non-hydrogen) atoms. The first-order chi connectivity index (χ1) is 10.3. The van der Waals surface area contributed by atoms with Crippen molar-refractivity contribution in [2.45, 2.75) is 6.61 Å². The van der Waals surface area contributed by atoms with Crippen molar-refractivity contribution in [2.75, 3.05) is 0 Å². The number of halogens is 5. The minimum atomic E-state index is -5.29. The Morgan fingerprint density at radius 2 is 1.82 bits per heavy atom. The van der Waals surface area contributed by atoms with Crippen LogP contribution in [-0.4, -0.2) is 6.98 Å². The summed E-state index contributed by atoms with van der Waals surface area (Å²) in [7, 11) is 0. The number of rotatable bonds is 4. The summed E-state index contributed by atoms with van der Waals surface area (Å²) in [5.41, 5.74) is -1.29. The van der Waals surface area contributed by atoms with Crippen LogP contribution in [0.3, 0.4) is 0 Å². The lowest BCUT2D eigenvalue weighted by Gasteiger charge is -2.16. The molecule has 0 spiro atoms. The second-order valence-corrected chi connectivity index (χ2v) is 4.44. The van der Waals surface area contributed by atoms with E-state index in [-0.39, 0.29) is 11.1 Å². The molecule has 0 radical (unpaired) electrons. The molecule has 2 rings (SSSR count). The topological polar surface area (TPSA) is 33.0 Å². The average molecular weight is 312 g/mol. The van der Waals surface area contributed by atoms with Gasteiger partial charge >= 0.3 is 6.98 Å². The molecule has 0 saturated heterocycles. The fraction of sp³-hybridized carbons (Fsp3) is 0.0714. The highest BCUT2D eigenvalue weighted by Crippen LogP contribution is 2.21. The van der Waals surface area contributed by atoms with Crippen molar-refractivity contribution in [3.63, 3.8) is 0 Å². The quantitative estimate of drug-likeness (QED) is 0.640. The van der Waals surface area contributed by atoms with E-state index in [1.807, 2.05) is 0 Å². The molecule has 0 atom stereocenters. The van der Waals surface area contributed by atoms with Gasteiger partial charge in [0, 0.05) is 5.56 Å². The van der Waals surface area contributed by atoms with Crippen LogP contribution >= 0.6 is 0 Å². The summed E-state index contributed by atoms with van der Waals surface area (Å²) in [5.74, 6) is -2.46. The van der Waals surface area contributed by atoms with Gasteiger partial charge in [-0.05, 0) is 18.2 Å². The van der Waals surface area contributed by atoms with Gasteiger partial charge < -0.3 is 17.7 Å². The lowest BCUT2D eigenvalue weighted by molar-refractivity contribution is 0.285. The predicted molar refractivity (Wildman–Crippen MR) is 70.6 cm³/mol. The Hall–Kier alpha value is -2.56. The molecule has 8 heteroatoms. The highest BCUT2D eigenvalue weighted by molar-refractivity contribution is 6.73. The van der Waals surface area contributed by atoms with E-state index in [9.17, 15) is 21.7 Å². The van der Waals surface area contributed by atoms with Crippen LogP contribution in [0.2, 0.25) is 0 Å². The van der Waals surface area contributed by atoms with E-state index in [0.717, 1.165) is 0 Å². The second kappa shape index (κ2) is 6.06. The summed E-state index contributed by atoms with van der Waals surface area (Å²) in [6, 6.07) is 7.34. The minimum absolute atomic E-state index is 0.0543. The minimum Gasteiger partial charge on any atom is -0.486 e. The Bertz CT molecular complexity index is 739. The van der Waals surface area contributed by atoms with Gasteiger partial charge in [0.25, 0.3) is 0 Å². The first-order valence-electron chi connectivity index (χ1n) is 6.12. The van der Waals surface area contributed by atoms with E-state index in [4.69, 9.17) is 10.00 Å². The van der Waals surface area contributed by atoms with Crippen LogP contribution in [0, 0.1) is 23.0 Å². The molecule has 0 unspecified atom stereocenters. The third kappa shape index (κ3) is 3.36. The van der Waals surface area contributed by atoms with Gasteiger partial charge in [-0.1, -0.05) is 18.2 Å². The smallest absolute Gasteiger partial charge is 0.486 e. The second-order valence-electron chi connectivity index (χ2n) is 4.44. The zero-order valence-corrected chi connectivity index (χ0v) is 11.0. The van der Waals surface area contributed by atoms with Gasteiger partial charge in [0.15, 0.2) is 11.6 Å². The van der Waals surface area contributed by atoms with Crippen molar-refractivity contribution in [2.24, 2.45) is 0 Å². The Morgan fingerprint density at radius 1 is 1.09 bits per heavy atom. The molecule has 114 valence electrons. The van der Waals surface area contributed by atoms with E-state index in [2.05, 4.69) is 0 Å². The van der Waals surface area contributed by atoms with Crippen LogP contribution in [-0.2, 0) is 6.61 Å². The molecule has 0 aliphatic carbocycles. The van der Waals surface area contributed by atoms with Gasteiger partial charge in [-0.3, -0.25) is 0 Å². The monoisotopic (exact) mass is 312 g/mol. The molecule has 0 N–H and O–H groups in total. The fourth-order valence-corrected chi connectivity index (χ4v) is 1.77. The standard InChI is InChI=1S/C14H8BF5NO/c16-12-5-4-11(15(18,19)20)6-13(12)22-8-10-3-1-2-9(7-21)14(10)17/h1-6H,8H2/q-1. The van der Waals surface area contributed by atoms with E-state index in [1.165, 1.54) is 18.2 Å². The molecule has 0 bridgehead atoms.